The van der Waals surface area contributed by atoms with E-state index in [9.17, 15) is 4.79 Å². The molecule has 4 N–H and O–H groups in total. The Bertz CT molecular complexity index is 218. The first kappa shape index (κ1) is 15.4. The van der Waals surface area contributed by atoms with Crippen LogP contribution in [0, 0.1) is 11.8 Å². The average Bonchev–Trinajstić information content (AvgIpc) is 2.25. The van der Waals surface area contributed by atoms with Crippen molar-refractivity contribution >= 4 is 5.91 Å². The van der Waals surface area contributed by atoms with Crippen LogP contribution < -0.4 is 11.5 Å². The summed E-state index contributed by atoms with van der Waals surface area (Å²) < 4.78 is 0. The molecule has 0 aromatic carbocycles. The van der Waals surface area contributed by atoms with E-state index in [0.29, 0.717) is 24.7 Å². The van der Waals surface area contributed by atoms with E-state index in [1.54, 1.807) is 0 Å². The minimum Gasteiger partial charge on any atom is -0.368 e. The van der Waals surface area contributed by atoms with E-state index in [0.717, 1.165) is 19.3 Å². The van der Waals surface area contributed by atoms with E-state index >= 15 is 0 Å². The fourth-order valence-corrected chi connectivity index (χ4v) is 1.80. The van der Waals surface area contributed by atoms with Gasteiger partial charge in [0, 0.05) is 0 Å². The van der Waals surface area contributed by atoms with Crippen LogP contribution in [-0.2, 0) is 4.79 Å². The third-order valence-electron chi connectivity index (χ3n) is 3.68. The van der Waals surface area contributed by atoms with Gasteiger partial charge in [-0.25, -0.2) is 0 Å². The first-order valence-electron chi connectivity index (χ1n) is 6.44. The molecule has 3 nitrogen and oxygen atoms in total. The van der Waals surface area contributed by atoms with Gasteiger partial charge in [-0.05, 0) is 31.1 Å². The number of primary amides is 1. The molecule has 0 fully saturated rings. The number of hydrogen-bond donors (Lipinski definition) is 2. The second-order valence-corrected chi connectivity index (χ2v) is 5.29. The lowest BCUT2D eigenvalue weighted by molar-refractivity contribution is -0.124. The van der Waals surface area contributed by atoms with E-state index in [-0.39, 0.29) is 5.91 Å². The lowest BCUT2D eigenvalue weighted by Crippen LogP contribution is -2.53. The highest BCUT2D eigenvalue weighted by Gasteiger charge is 2.32. The fourth-order valence-electron chi connectivity index (χ4n) is 1.80. The summed E-state index contributed by atoms with van der Waals surface area (Å²) in [5.41, 5.74) is 10.8. The second kappa shape index (κ2) is 6.89. The highest BCUT2D eigenvalue weighted by molar-refractivity contribution is 5.84. The van der Waals surface area contributed by atoms with Crippen LogP contribution in [0.5, 0.6) is 0 Å². The Balaban J connectivity index is 4.39. The summed E-state index contributed by atoms with van der Waals surface area (Å²) in [6.45, 7) is 8.57. The van der Waals surface area contributed by atoms with Gasteiger partial charge >= 0.3 is 0 Å². The fraction of sp³-hybridized carbons (Fsp3) is 0.923. The third kappa shape index (κ3) is 4.97. The number of carbonyl (C=O) groups excluding carboxylic acids is 1. The number of rotatable bonds is 8. The van der Waals surface area contributed by atoms with Crippen LogP contribution >= 0.6 is 0 Å². The molecule has 0 aromatic heterocycles. The average molecular weight is 228 g/mol. The molecule has 3 unspecified atom stereocenters. The van der Waals surface area contributed by atoms with Crippen molar-refractivity contribution in [2.45, 2.75) is 65.3 Å². The van der Waals surface area contributed by atoms with Crippen LogP contribution in [-0.4, -0.2) is 11.4 Å². The summed E-state index contributed by atoms with van der Waals surface area (Å²) in [6.07, 6.45) is 4.55. The molecule has 0 bridgehead atoms. The van der Waals surface area contributed by atoms with Crippen LogP contribution in [0.15, 0.2) is 0 Å². The lowest BCUT2D eigenvalue weighted by atomic mass is 9.81. The Morgan fingerprint density at radius 2 is 1.69 bits per heavy atom. The molecule has 1 amide bonds. The third-order valence-corrected chi connectivity index (χ3v) is 3.68. The van der Waals surface area contributed by atoms with Gasteiger partial charge in [-0.1, -0.05) is 40.5 Å². The van der Waals surface area contributed by atoms with Gasteiger partial charge in [0.25, 0.3) is 0 Å². The van der Waals surface area contributed by atoms with Crippen LogP contribution in [0.2, 0.25) is 0 Å². The van der Waals surface area contributed by atoms with Crippen LogP contribution in [0.3, 0.4) is 0 Å². The molecule has 0 saturated heterocycles. The van der Waals surface area contributed by atoms with E-state index in [1.165, 1.54) is 0 Å². The Kier molecular flexibility index (Phi) is 6.65. The van der Waals surface area contributed by atoms with Gasteiger partial charge < -0.3 is 11.5 Å². The summed E-state index contributed by atoms with van der Waals surface area (Å²) >= 11 is 0. The molecule has 3 atom stereocenters. The smallest absolute Gasteiger partial charge is 0.237 e. The molecular formula is C13H28N2O. The zero-order valence-corrected chi connectivity index (χ0v) is 11.3. The van der Waals surface area contributed by atoms with E-state index in [4.69, 9.17) is 11.5 Å². The summed E-state index contributed by atoms with van der Waals surface area (Å²) in [6, 6.07) is 0. The quantitative estimate of drug-likeness (QED) is 0.670. The Morgan fingerprint density at radius 3 is 2.06 bits per heavy atom. The van der Waals surface area contributed by atoms with Gasteiger partial charge in [-0.15, -0.1) is 0 Å². The highest BCUT2D eigenvalue weighted by atomic mass is 16.1. The molecule has 0 radical (unpaired) electrons. The molecule has 0 aliphatic carbocycles. The Labute approximate surface area is 100.0 Å². The van der Waals surface area contributed by atoms with Crippen molar-refractivity contribution in [3.63, 3.8) is 0 Å². The molecule has 0 aliphatic heterocycles. The van der Waals surface area contributed by atoms with E-state index in [1.807, 2.05) is 0 Å². The van der Waals surface area contributed by atoms with Gasteiger partial charge in [0.05, 0.1) is 5.54 Å². The van der Waals surface area contributed by atoms with Crippen molar-refractivity contribution in [3.05, 3.63) is 0 Å². The van der Waals surface area contributed by atoms with Gasteiger partial charge in [0.15, 0.2) is 0 Å². The van der Waals surface area contributed by atoms with Crippen molar-refractivity contribution in [3.8, 4) is 0 Å². The summed E-state index contributed by atoms with van der Waals surface area (Å²) in [5.74, 6) is 0.713. The molecule has 0 heterocycles. The topological polar surface area (TPSA) is 69.1 Å². The summed E-state index contributed by atoms with van der Waals surface area (Å²) in [5, 5.41) is 0. The first-order chi connectivity index (χ1) is 7.35. The SMILES string of the molecule is CCC(C)CCC(N)(CC(C)CC)C(N)=O. The lowest BCUT2D eigenvalue weighted by Gasteiger charge is -2.29. The zero-order chi connectivity index (χ0) is 12.8. The van der Waals surface area contributed by atoms with Crippen LogP contribution in [0.25, 0.3) is 0 Å². The Hall–Kier alpha value is -0.570. The Morgan fingerprint density at radius 1 is 1.19 bits per heavy atom. The summed E-state index contributed by atoms with van der Waals surface area (Å²) in [4.78, 5) is 11.5. The normalized spacial score (nSPS) is 18.8. The maximum absolute atomic E-state index is 11.5. The zero-order valence-electron chi connectivity index (χ0n) is 11.3. The van der Waals surface area contributed by atoms with Gasteiger partial charge in [-0.2, -0.15) is 0 Å². The van der Waals surface area contributed by atoms with Gasteiger partial charge in [0.1, 0.15) is 0 Å². The van der Waals surface area contributed by atoms with Crippen molar-refractivity contribution in [2.24, 2.45) is 23.3 Å². The maximum Gasteiger partial charge on any atom is 0.237 e. The maximum atomic E-state index is 11.5. The largest absolute Gasteiger partial charge is 0.368 e. The number of carbonyl (C=O) groups is 1. The number of hydrogen-bond acceptors (Lipinski definition) is 2. The molecule has 0 aromatic rings. The molecule has 3 heteroatoms. The van der Waals surface area contributed by atoms with E-state index < -0.39 is 5.54 Å². The second-order valence-electron chi connectivity index (χ2n) is 5.29. The molecule has 0 saturated carbocycles. The van der Waals surface area contributed by atoms with Crippen molar-refractivity contribution in [2.75, 3.05) is 0 Å². The first-order valence-corrected chi connectivity index (χ1v) is 6.44. The van der Waals surface area contributed by atoms with Gasteiger partial charge in [-0.3, -0.25) is 4.79 Å². The summed E-state index contributed by atoms with van der Waals surface area (Å²) in [7, 11) is 0. The minimum atomic E-state index is -0.807. The molecule has 0 aliphatic rings. The van der Waals surface area contributed by atoms with Crippen molar-refractivity contribution < 1.29 is 4.79 Å². The van der Waals surface area contributed by atoms with Crippen LogP contribution in [0.4, 0.5) is 0 Å². The van der Waals surface area contributed by atoms with Crippen molar-refractivity contribution in [1.29, 1.82) is 0 Å². The molecule has 0 spiro atoms. The predicted molar refractivity (Wildman–Crippen MR) is 68.9 cm³/mol. The highest BCUT2D eigenvalue weighted by Crippen LogP contribution is 2.24. The molecule has 16 heavy (non-hydrogen) atoms. The van der Waals surface area contributed by atoms with Gasteiger partial charge in [0.2, 0.25) is 5.91 Å². The molecule has 0 rings (SSSR count). The van der Waals surface area contributed by atoms with E-state index in [2.05, 4.69) is 27.7 Å². The number of amides is 1. The minimum absolute atomic E-state index is 0.351. The predicted octanol–water partition coefficient (Wildman–Crippen LogP) is 2.43. The molecular weight excluding hydrogens is 200 g/mol. The standard InChI is InChI=1S/C13H28N2O/c1-5-10(3)7-8-13(15,12(14)16)9-11(4)6-2/h10-11H,5-9,15H2,1-4H3,(H2,14,16). The van der Waals surface area contributed by atoms with Crippen LogP contribution in [0.1, 0.15) is 59.8 Å². The monoisotopic (exact) mass is 228 g/mol. The number of nitrogens with two attached hydrogens (primary N) is 2. The van der Waals surface area contributed by atoms with Crippen molar-refractivity contribution in [1.82, 2.24) is 0 Å². The molecule has 96 valence electrons.